The molecule has 2 N–H and O–H groups in total. The summed E-state index contributed by atoms with van der Waals surface area (Å²) in [4.78, 5) is 11.6. The van der Waals surface area contributed by atoms with Crippen LogP contribution in [0.4, 0.5) is 5.82 Å². The lowest BCUT2D eigenvalue weighted by Gasteiger charge is -2.20. The van der Waals surface area contributed by atoms with Crippen molar-refractivity contribution in [3.8, 4) is 0 Å². The van der Waals surface area contributed by atoms with Crippen LogP contribution in [0.3, 0.4) is 0 Å². The first-order chi connectivity index (χ1) is 9.78. The second kappa shape index (κ2) is 5.64. The van der Waals surface area contributed by atoms with Gasteiger partial charge in [-0.15, -0.1) is 0 Å². The number of esters is 1. The molecule has 0 spiro atoms. The summed E-state index contributed by atoms with van der Waals surface area (Å²) in [5.41, 5.74) is 6.17. The van der Waals surface area contributed by atoms with E-state index in [1.807, 2.05) is 0 Å². The first-order valence-electron chi connectivity index (χ1n) is 6.75. The Morgan fingerprint density at radius 1 is 1.52 bits per heavy atom. The number of nitrogens with two attached hydrogens (primary N) is 1. The summed E-state index contributed by atoms with van der Waals surface area (Å²) < 4.78 is 33.0. The monoisotopic (exact) mass is 316 g/mol. The highest BCUT2D eigenvalue weighted by Gasteiger charge is 2.42. The van der Waals surface area contributed by atoms with E-state index in [4.69, 9.17) is 10.5 Å². The summed E-state index contributed by atoms with van der Waals surface area (Å²) in [6, 6.07) is -0.168. The molecule has 0 aliphatic heterocycles. The van der Waals surface area contributed by atoms with Crippen molar-refractivity contribution in [2.24, 2.45) is 7.05 Å². The fourth-order valence-electron chi connectivity index (χ4n) is 2.16. The lowest BCUT2D eigenvalue weighted by molar-refractivity contribution is -0.143. The Bertz CT molecular complexity index is 648. The van der Waals surface area contributed by atoms with Crippen LogP contribution in [0.25, 0.3) is 0 Å². The number of carbonyl (C=O) groups excluding carboxylic acids is 1. The summed E-state index contributed by atoms with van der Waals surface area (Å²) in [6.45, 7) is 3.23. The Balaban J connectivity index is 2.36. The third-order valence-corrected chi connectivity index (χ3v) is 5.48. The molecule has 0 bridgehead atoms. The molecule has 2 rings (SSSR count). The maximum absolute atomic E-state index is 12.8. The van der Waals surface area contributed by atoms with Gasteiger partial charge in [-0.2, -0.15) is 9.40 Å². The molecule has 1 saturated carbocycles. The molecule has 1 aliphatic carbocycles. The van der Waals surface area contributed by atoms with Crippen molar-refractivity contribution in [1.29, 1.82) is 0 Å². The van der Waals surface area contributed by atoms with Gasteiger partial charge in [0.1, 0.15) is 11.4 Å². The SMILES string of the molecule is CCOC(=O)CN(C1CC1)S(=O)(=O)c1c(N)nn(C)c1C. The molecule has 1 aliphatic rings. The Kier molecular flexibility index (Phi) is 4.24. The molecule has 0 unspecified atom stereocenters. The molecule has 0 saturated heterocycles. The highest BCUT2D eigenvalue weighted by Crippen LogP contribution is 2.34. The van der Waals surface area contributed by atoms with Crippen molar-refractivity contribution in [3.63, 3.8) is 0 Å². The third kappa shape index (κ3) is 3.03. The summed E-state index contributed by atoms with van der Waals surface area (Å²) in [5, 5.41) is 3.93. The molecule has 1 aromatic rings. The zero-order valence-electron chi connectivity index (χ0n) is 12.4. The van der Waals surface area contributed by atoms with Crippen LogP contribution in [0.2, 0.25) is 0 Å². The van der Waals surface area contributed by atoms with Crippen molar-refractivity contribution in [2.45, 2.75) is 37.6 Å². The summed E-state index contributed by atoms with van der Waals surface area (Å²) in [7, 11) is -2.25. The number of carbonyl (C=O) groups is 1. The number of nitrogens with zero attached hydrogens (tertiary/aromatic N) is 3. The van der Waals surface area contributed by atoms with Crippen LogP contribution in [0, 0.1) is 6.92 Å². The minimum absolute atomic E-state index is 0.0267. The molecule has 21 heavy (non-hydrogen) atoms. The molecular weight excluding hydrogens is 296 g/mol. The maximum Gasteiger partial charge on any atom is 0.321 e. The number of aromatic nitrogens is 2. The number of nitrogen functional groups attached to an aromatic ring is 1. The minimum Gasteiger partial charge on any atom is -0.465 e. The van der Waals surface area contributed by atoms with E-state index in [1.165, 1.54) is 8.99 Å². The quantitative estimate of drug-likeness (QED) is 0.742. The van der Waals surface area contributed by atoms with E-state index in [2.05, 4.69) is 5.10 Å². The number of sulfonamides is 1. The molecular formula is C12H20N4O4S. The summed E-state index contributed by atoms with van der Waals surface area (Å²) in [5.74, 6) is -0.613. The van der Waals surface area contributed by atoms with E-state index in [1.54, 1.807) is 20.9 Å². The summed E-state index contributed by atoms with van der Waals surface area (Å²) >= 11 is 0. The highest BCUT2D eigenvalue weighted by atomic mass is 32.2. The van der Waals surface area contributed by atoms with Crippen LogP contribution in [0.5, 0.6) is 0 Å². The maximum atomic E-state index is 12.8. The number of aryl methyl sites for hydroxylation is 1. The van der Waals surface area contributed by atoms with Gasteiger partial charge in [0.2, 0.25) is 10.0 Å². The zero-order valence-corrected chi connectivity index (χ0v) is 13.2. The fraction of sp³-hybridized carbons (Fsp3) is 0.667. The number of hydrogen-bond donors (Lipinski definition) is 1. The van der Waals surface area contributed by atoms with E-state index in [0.717, 1.165) is 12.8 Å². The van der Waals surface area contributed by atoms with Crippen LogP contribution in [0.1, 0.15) is 25.5 Å². The number of anilines is 1. The first kappa shape index (κ1) is 15.8. The van der Waals surface area contributed by atoms with Crippen molar-refractivity contribution >= 4 is 21.8 Å². The van der Waals surface area contributed by atoms with Crippen molar-refractivity contribution < 1.29 is 17.9 Å². The minimum atomic E-state index is -3.87. The predicted octanol–water partition coefficient (Wildman–Crippen LogP) is 0.0269. The highest BCUT2D eigenvalue weighted by molar-refractivity contribution is 7.89. The molecule has 1 fully saturated rings. The van der Waals surface area contributed by atoms with Crippen LogP contribution in [-0.2, 0) is 26.6 Å². The zero-order chi connectivity index (χ0) is 15.8. The smallest absolute Gasteiger partial charge is 0.321 e. The second-order valence-corrected chi connectivity index (χ2v) is 6.84. The topological polar surface area (TPSA) is 108 Å². The molecule has 0 radical (unpaired) electrons. The van der Waals surface area contributed by atoms with Crippen LogP contribution in [-0.4, -0.2) is 47.7 Å². The van der Waals surface area contributed by atoms with Gasteiger partial charge in [-0.25, -0.2) is 8.42 Å². The Morgan fingerprint density at radius 2 is 2.14 bits per heavy atom. The van der Waals surface area contributed by atoms with Gasteiger partial charge in [0.25, 0.3) is 0 Å². The molecule has 1 heterocycles. The van der Waals surface area contributed by atoms with Gasteiger partial charge in [-0.05, 0) is 26.7 Å². The van der Waals surface area contributed by atoms with E-state index >= 15 is 0 Å². The molecule has 0 amide bonds. The fourth-order valence-corrected chi connectivity index (χ4v) is 4.08. The van der Waals surface area contributed by atoms with Gasteiger partial charge in [0.05, 0.1) is 12.3 Å². The lowest BCUT2D eigenvalue weighted by Crippen LogP contribution is -2.38. The average Bonchev–Trinajstić information content (AvgIpc) is 3.15. The second-order valence-electron chi connectivity index (χ2n) is 5.01. The van der Waals surface area contributed by atoms with Crippen molar-refractivity contribution in [1.82, 2.24) is 14.1 Å². The Hall–Kier alpha value is -1.61. The van der Waals surface area contributed by atoms with Gasteiger partial charge in [-0.3, -0.25) is 9.48 Å². The van der Waals surface area contributed by atoms with Gasteiger partial charge in [0, 0.05) is 13.1 Å². The van der Waals surface area contributed by atoms with Gasteiger partial charge in [0.15, 0.2) is 5.82 Å². The third-order valence-electron chi connectivity index (χ3n) is 3.42. The first-order valence-corrected chi connectivity index (χ1v) is 8.19. The standard InChI is InChI=1S/C12H20N4O4S/c1-4-20-10(17)7-16(9-5-6-9)21(18,19)11-8(2)15(3)14-12(11)13/h9H,4-7H2,1-3H3,(H2,13,14). The Morgan fingerprint density at radius 3 is 2.57 bits per heavy atom. The molecule has 9 heteroatoms. The van der Waals surface area contributed by atoms with Crippen molar-refractivity contribution in [3.05, 3.63) is 5.69 Å². The molecule has 8 nitrogen and oxygen atoms in total. The van der Waals surface area contributed by atoms with Gasteiger partial charge in [-0.1, -0.05) is 0 Å². The van der Waals surface area contributed by atoms with E-state index < -0.39 is 16.0 Å². The van der Waals surface area contributed by atoms with Crippen LogP contribution in [0.15, 0.2) is 4.90 Å². The molecule has 118 valence electrons. The Labute approximate surface area is 123 Å². The number of ether oxygens (including phenoxy) is 1. The molecule has 0 aromatic carbocycles. The van der Waals surface area contributed by atoms with E-state index in [9.17, 15) is 13.2 Å². The average molecular weight is 316 g/mol. The molecule has 0 atom stereocenters. The van der Waals surface area contributed by atoms with Crippen molar-refractivity contribution in [2.75, 3.05) is 18.9 Å². The van der Waals surface area contributed by atoms with Gasteiger partial charge < -0.3 is 10.5 Å². The number of rotatable bonds is 6. The van der Waals surface area contributed by atoms with E-state index in [-0.39, 0.29) is 29.9 Å². The van der Waals surface area contributed by atoms with Gasteiger partial charge >= 0.3 is 5.97 Å². The van der Waals surface area contributed by atoms with E-state index in [0.29, 0.717) is 5.69 Å². The van der Waals surface area contributed by atoms with Crippen LogP contribution < -0.4 is 5.73 Å². The largest absolute Gasteiger partial charge is 0.465 e. The summed E-state index contributed by atoms with van der Waals surface area (Å²) in [6.07, 6.45) is 1.47. The van der Waals surface area contributed by atoms with Crippen LogP contribution >= 0.6 is 0 Å². The molecule has 1 aromatic heterocycles. The normalized spacial score (nSPS) is 15.4. The predicted molar refractivity (Wildman–Crippen MR) is 75.9 cm³/mol. The lowest BCUT2D eigenvalue weighted by atomic mass is 10.5. The number of hydrogen-bond acceptors (Lipinski definition) is 6.